The maximum Gasteiger partial charge on any atom is 0.0540 e. The number of hydrogen-bond donors (Lipinski definition) is 0. The van der Waals surface area contributed by atoms with Crippen LogP contribution in [0.4, 0.5) is 17.1 Å². The molecule has 0 spiro atoms. The average Bonchev–Trinajstić information content (AvgIpc) is 3.16. The molecule has 0 unspecified atom stereocenters. The SMILES string of the molecule is C(#Cc1cccc2ccccc12)c1ccccc1.Cc1ccc(-c2ccc(N(c3ccccc3)c3cccc4ccccc34)cc2)cc1. The Morgan fingerprint density at radius 2 is 0.875 bits per heavy atom. The van der Waals surface area contributed by atoms with E-state index in [1.807, 2.05) is 30.3 Å². The Balaban J connectivity index is 0.000000172. The molecular weight excluding hydrogens is 579 g/mol. The van der Waals surface area contributed by atoms with Gasteiger partial charge in [0.25, 0.3) is 0 Å². The molecule has 1 nitrogen and oxygen atoms in total. The van der Waals surface area contributed by atoms with E-state index in [-0.39, 0.29) is 0 Å². The van der Waals surface area contributed by atoms with Crippen LogP contribution in [0, 0.1) is 18.8 Å². The molecule has 8 aromatic carbocycles. The summed E-state index contributed by atoms with van der Waals surface area (Å²) in [4.78, 5) is 2.33. The molecule has 48 heavy (non-hydrogen) atoms. The van der Waals surface area contributed by atoms with Gasteiger partial charge in [-0.3, -0.25) is 0 Å². The standard InChI is InChI=1S/C29H23N.C18H12/c1-22-14-16-23(17-15-22)24-18-20-27(21-19-24)30(26-10-3-2-4-11-26)29-13-7-9-25-8-5-6-12-28(25)29;1-2-7-15(8-3-1)13-14-17-11-6-10-16-9-4-5-12-18(16)17/h2-21H,1H3;1-12H. The molecule has 0 amide bonds. The van der Waals surface area contributed by atoms with Crippen molar-refractivity contribution < 1.29 is 0 Å². The van der Waals surface area contributed by atoms with Crippen molar-refractivity contribution >= 4 is 38.6 Å². The Morgan fingerprint density at radius 3 is 1.56 bits per heavy atom. The minimum absolute atomic E-state index is 1.05. The monoisotopic (exact) mass is 613 g/mol. The molecule has 0 aliphatic heterocycles. The third-order valence-electron chi connectivity index (χ3n) is 8.44. The maximum absolute atomic E-state index is 3.25. The number of fused-ring (bicyclic) bond motifs is 2. The van der Waals surface area contributed by atoms with Gasteiger partial charge in [0, 0.05) is 27.9 Å². The summed E-state index contributed by atoms with van der Waals surface area (Å²) in [5, 5.41) is 4.93. The highest BCUT2D eigenvalue weighted by Crippen LogP contribution is 2.39. The molecule has 0 aromatic heterocycles. The maximum atomic E-state index is 3.25. The van der Waals surface area contributed by atoms with Gasteiger partial charge in [0.1, 0.15) is 0 Å². The summed E-state index contributed by atoms with van der Waals surface area (Å²) in [5.74, 6) is 6.46. The Hall–Kier alpha value is -6.36. The second-order valence-electron chi connectivity index (χ2n) is 11.7. The van der Waals surface area contributed by atoms with Crippen molar-refractivity contribution in [2.24, 2.45) is 0 Å². The van der Waals surface area contributed by atoms with E-state index in [4.69, 9.17) is 0 Å². The third-order valence-corrected chi connectivity index (χ3v) is 8.44. The van der Waals surface area contributed by atoms with Crippen LogP contribution in [0.2, 0.25) is 0 Å². The molecule has 0 bridgehead atoms. The number of benzene rings is 8. The molecule has 8 aromatic rings. The second kappa shape index (κ2) is 14.4. The van der Waals surface area contributed by atoms with E-state index in [9.17, 15) is 0 Å². The van der Waals surface area contributed by atoms with Gasteiger partial charge in [-0.15, -0.1) is 0 Å². The molecule has 0 fully saturated rings. The van der Waals surface area contributed by atoms with Gasteiger partial charge in [-0.1, -0.05) is 163 Å². The number of aryl methyl sites for hydroxylation is 1. The van der Waals surface area contributed by atoms with Gasteiger partial charge in [0.2, 0.25) is 0 Å². The van der Waals surface area contributed by atoms with Crippen LogP contribution >= 0.6 is 0 Å². The molecule has 0 radical (unpaired) electrons. The van der Waals surface area contributed by atoms with Gasteiger partial charge in [0.15, 0.2) is 0 Å². The Kier molecular flexibility index (Phi) is 9.08. The largest absolute Gasteiger partial charge is 0.310 e. The van der Waals surface area contributed by atoms with Gasteiger partial charge >= 0.3 is 0 Å². The first-order valence-electron chi connectivity index (χ1n) is 16.3. The summed E-state index contributed by atoms with van der Waals surface area (Å²) in [6, 6.07) is 67.8. The van der Waals surface area contributed by atoms with Gasteiger partial charge in [-0.2, -0.15) is 0 Å². The Labute approximate surface area is 283 Å². The highest BCUT2D eigenvalue weighted by Gasteiger charge is 2.15. The van der Waals surface area contributed by atoms with E-state index in [0.717, 1.165) is 22.5 Å². The summed E-state index contributed by atoms with van der Waals surface area (Å²) >= 11 is 0. The molecule has 0 heterocycles. The van der Waals surface area contributed by atoms with E-state index < -0.39 is 0 Å². The molecule has 1 heteroatoms. The molecule has 0 saturated heterocycles. The Morgan fingerprint density at radius 1 is 0.375 bits per heavy atom. The fourth-order valence-electron chi connectivity index (χ4n) is 5.95. The predicted octanol–water partition coefficient (Wildman–Crippen LogP) is 12.5. The molecule has 228 valence electrons. The van der Waals surface area contributed by atoms with Gasteiger partial charge < -0.3 is 4.90 Å². The van der Waals surface area contributed by atoms with Crippen LogP contribution in [0.15, 0.2) is 194 Å². The van der Waals surface area contributed by atoms with Gasteiger partial charge in [0.05, 0.1) is 5.69 Å². The number of nitrogens with zero attached hydrogens (tertiary/aromatic N) is 1. The van der Waals surface area contributed by atoms with Crippen LogP contribution in [-0.2, 0) is 0 Å². The van der Waals surface area contributed by atoms with E-state index >= 15 is 0 Å². The van der Waals surface area contributed by atoms with Crippen LogP contribution in [0.5, 0.6) is 0 Å². The zero-order chi connectivity index (χ0) is 32.5. The number of para-hydroxylation sites is 1. The van der Waals surface area contributed by atoms with Gasteiger partial charge in [-0.25, -0.2) is 0 Å². The summed E-state index contributed by atoms with van der Waals surface area (Å²) in [7, 11) is 0. The fraction of sp³-hybridized carbons (Fsp3) is 0.0213. The number of rotatable bonds is 4. The number of hydrogen-bond acceptors (Lipinski definition) is 1. The molecule has 0 aliphatic carbocycles. The summed E-state index contributed by atoms with van der Waals surface area (Å²) in [6.45, 7) is 2.12. The van der Waals surface area contributed by atoms with Crippen LogP contribution < -0.4 is 4.90 Å². The molecule has 0 N–H and O–H groups in total. The lowest BCUT2D eigenvalue weighted by atomic mass is 10.0. The molecule has 0 atom stereocenters. The van der Waals surface area contributed by atoms with Crippen LogP contribution in [-0.4, -0.2) is 0 Å². The predicted molar refractivity (Wildman–Crippen MR) is 205 cm³/mol. The third kappa shape index (κ3) is 6.90. The minimum Gasteiger partial charge on any atom is -0.310 e. The first-order chi connectivity index (χ1) is 23.7. The highest BCUT2D eigenvalue weighted by molar-refractivity contribution is 5.99. The summed E-state index contributed by atoms with van der Waals surface area (Å²) in [6.07, 6.45) is 0. The van der Waals surface area contributed by atoms with E-state index in [0.29, 0.717) is 0 Å². The van der Waals surface area contributed by atoms with E-state index in [2.05, 4.69) is 187 Å². The van der Waals surface area contributed by atoms with Crippen molar-refractivity contribution in [3.05, 3.63) is 211 Å². The minimum atomic E-state index is 1.05. The van der Waals surface area contributed by atoms with Gasteiger partial charge in [-0.05, 0) is 82.7 Å². The Bertz CT molecular complexity index is 2320. The molecule has 8 rings (SSSR count). The zero-order valence-electron chi connectivity index (χ0n) is 26.9. The first-order valence-corrected chi connectivity index (χ1v) is 16.3. The summed E-state index contributed by atoms with van der Waals surface area (Å²) < 4.78 is 0. The van der Waals surface area contributed by atoms with Crippen molar-refractivity contribution in [1.82, 2.24) is 0 Å². The number of anilines is 3. The summed E-state index contributed by atoms with van der Waals surface area (Å²) in [5.41, 5.74) is 9.35. The van der Waals surface area contributed by atoms with Crippen molar-refractivity contribution in [2.75, 3.05) is 4.90 Å². The van der Waals surface area contributed by atoms with Crippen molar-refractivity contribution in [3.63, 3.8) is 0 Å². The normalized spacial score (nSPS) is 10.4. The quantitative estimate of drug-likeness (QED) is 0.179. The average molecular weight is 614 g/mol. The molecule has 0 saturated carbocycles. The van der Waals surface area contributed by atoms with Crippen LogP contribution in [0.1, 0.15) is 16.7 Å². The molecule has 0 aliphatic rings. The van der Waals surface area contributed by atoms with E-state index in [1.54, 1.807) is 0 Å². The van der Waals surface area contributed by atoms with E-state index in [1.165, 1.54) is 43.9 Å². The molecular formula is C47H35N. The van der Waals surface area contributed by atoms with Crippen molar-refractivity contribution in [1.29, 1.82) is 0 Å². The lowest BCUT2D eigenvalue weighted by molar-refractivity contribution is 1.30. The lowest BCUT2D eigenvalue weighted by Crippen LogP contribution is -2.10. The topological polar surface area (TPSA) is 3.24 Å². The van der Waals surface area contributed by atoms with Crippen LogP contribution in [0.25, 0.3) is 32.7 Å². The fourth-order valence-corrected chi connectivity index (χ4v) is 5.95. The van der Waals surface area contributed by atoms with Crippen LogP contribution in [0.3, 0.4) is 0 Å². The smallest absolute Gasteiger partial charge is 0.0540 e. The first kappa shape index (κ1) is 30.3. The van der Waals surface area contributed by atoms with Crippen molar-refractivity contribution in [2.45, 2.75) is 6.92 Å². The van der Waals surface area contributed by atoms with Crippen molar-refractivity contribution in [3.8, 4) is 23.0 Å². The zero-order valence-corrected chi connectivity index (χ0v) is 26.9. The highest BCUT2D eigenvalue weighted by atomic mass is 15.1. The second-order valence-corrected chi connectivity index (χ2v) is 11.7. The lowest BCUT2D eigenvalue weighted by Gasteiger charge is -2.27.